The Morgan fingerprint density at radius 2 is 1.72 bits per heavy atom. The number of fused-ring (bicyclic) bond motifs is 1. The van der Waals surface area contributed by atoms with Crippen LogP contribution in [-0.2, 0) is 16.1 Å². The summed E-state index contributed by atoms with van der Waals surface area (Å²) in [6, 6.07) is 16.7. The second kappa shape index (κ2) is 8.39. The number of para-hydroxylation sites is 2. The van der Waals surface area contributed by atoms with E-state index in [4.69, 9.17) is 13.9 Å². The molecule has 0 bridgehead atoms. The second-order valence-electron chi connectivity index (χ2n) is 7.09. The average Bonchev–Trinajstić information content (AvgIpc) is 3.40. The van der Waals surface area contributed by atoms with Crippen molar-refractivity contribution in [3.05, 3.63) is 65.9 Å². The van der Waals surface area contributed by atoms with Crippen LogP contribution in [0, 0.1) is 0 Å². The van der Waals surface area contributed by atoms with E-state index in [9.17, 15) is 9.59 Å². The van der Waals surface area contributed by atoms with Crippen molar-refractivity contribution in [2.24, 2.45) is 0 Å². The average molecular weight is 393 g/mol. The van der Waals surface area contributed by atoms with Gasteiger partial charge in [0.15, 0.2) is 6.10 Å². The zero-order chi connectivity index (χ0) is 20.2. The van der Waals surface area contributed by atoms with Crippen LogP contribution in [-0.4, -0.2) is 36.0 Å². The Morgan fingerprint density at radius 1 is 1.03 bits per heavy atom. The summed E-state index contributed by atoms with van der Waals surface area (Å²) in [5.74, 6) is -0.0696. The van der Waals surface area contributed by atoms with Crippen LogP contribution in [0.1, 0.15) is 35.9 Å². The van der Waals surface area contributed by atoms with Crippen LogP contribution >= 0.6 is 0 Å². The molecule has 0 radical (unpaired) electrons. The molecule has 1 amide bonds. The molecule has 2 aromatic carbocycles. The van der Waals surface area contributed by atoms with Crippen molar-refractivity contribution in [1.29, 1.82) is 0 Å². The van der Waals surface area contributed by atoms with E-state index >= 15 is 0 Å². The minimum absolute atomic E-state index is 0.0724. The van der Waals surface area contributed by atoms with E-state index in [0.29, 0.717) is 30.0 Å². The molecule has 150 valence electrons. The number of carbonyl (C=O) groups is 2. The molecule has 0 spiro atoms. The zero-order valence-electron chi connectivity index (χ0n) is 16.3. The third-order valence-electron chi connectivity index (χ3n) is 5.06. The number of furan rings is 1. The summed E-state index contributed by atoms with van der Waals surface area (Å²) in [6.45, 7) is 3.17. The number of esters is 1. The largest absolute Gasteiger partial charge is 0.489 e. The molecule has 2 heterocycles. The van der Waals surface area contributed by atoms with Crippen molar-refractivity contribution < 1.29 is 23.5 Å². The number of benzene rings is 2. The van der Waals surface area contributed by atoms with Gasteiger partial charge in [-0.05, 0) is 38.0 Å². The zero-order valence-corrected chi connectivity index (χ0v) is 16.3. The van der Waals surface area contributed by atoms with E-state index < -0.39 is 12.1 Å². The summed E-state index contributed by atoms with van der Waals surface area (Å²) in [4.78, 5) is 27.0. The van der Waals surface area contributed by atoms with E-state index in [-0.39, 0.29) is 18.3 Å². The van der Waals surface area contributed by atoms with Crippen LogP contribution in [0.25, 0.3) is 11.0 Å². The molecule has 0 N–H and O–H groups in total. The number of amides is 1. The summed E-state index contributed by atoms with van der Waals surface area (Å²) in [6.07, 6.45) is 1.10. The quantitative estimate of drug-likeness (QED) is 0.588. The standard InChI is InChI=1S/C23H23NO5/c1-16(22(25)24-13-7-8-14-24)28-23(26)21-19(15-27-17-9-3-2-4-10-17)18-11-5-6-12-20(18)29-21/h2-6,9-12,16H,7-8,13-15H2,1H3/t16-/m1/s1. The topological polar surface area (TPSA) is 69.0 Å². The van der Waals surface area contributed by atoms with Gasteiger partial charge in [0.2, 0.25) is 5.76 Å². The molecule has 1 atom stereocenters. The van der Waals surface area contributed by atoms with Gasteiger partial charge in [-0.2, -0.15) is 0 Å². The molecule has 0 unspecified atom stereocenters. The highest BCUT2D eigenvalue weighted by atomic mass is 16.6. The predicted molar refractivity (Wildman–Crippen MR) is 108 cm³/mol. The van der Waals surface area contributed by atoms with Crippen LogP contribution in [0.3, 0.4) is 0 Å². The highest BCUT2D eigenvalue weighted by Crippen LogP contribution is 2.28. The Hall–Kier alpha value is -3.28. The Bertz CT molecular complexity index is 1000. The highest BCUT2D eigenvalue weighted by Gasteiger charge is 2.29. The third-order valence-corrected chi connectivity index (χ3v) is 5.06. The molecule has 6 nitrogen and oxygen atoms in total. The summed E-state index contributed by atoms with van der Waals surface area (Å²) in [5.41, 5.74) is 1.18. The van der Waals surface area contributed by atoms with Gasteiger partial charge in [-0.15, -0.1) is 0 Å². The molecule has 1 saturated heterocycles. The van der Waals surface area contributed by atoms with Gasteiger partial charge in [-0.3, -0.25) is 4.79 Å². The lowest BCUT2D eigenvalue weighted by Gasteiger charge is -2.20. The first kappa shape index (κ1) is 19.1. The van der Waals surface area contributed by atoms with E-state index in [1.165, 1.54) is 0 Å². The van der Waals surface area contributed by atoms with Gasteiger partial charge in [-0.25, -0.2) is 4.79 Å². The van der Waals surface area contributed by atoms with Crippen molar-refractivity contribution in [1.82, 2.24) is 4.90 Å². The SMILES string of the molecule is C[C@@H](OC(=O)c1oc2ccccc2c1COc1ccccc1)C(=O)N1CCCC1. The summed E-state index contributed by atoms with van der Waals surface area (Å²) in [5, 5.41) is 0.786. The number of ether oxygens (including phenoxy) is 2. The number of hydrogen-bond acceptors (Lipinski definition) is 5. The lowest BCUT2D eigenvalue weighted by molar-refractivity contribution is -0.138. The predicted octanol–water partition coefficient (Wildman–Crippen LogP) is 4.18. The lowest BCUT2D eigenvalue weighted by Crippen LogP contribution is -2.38. The summed E-state index contributed by atoms with van der Waals surface area (Å²) in [7, 11) is 0. The number of hydrogen-bond donors (Lipinski definition) is 0. The maximum absolute atomic E-state index is 12.8. The molecule has 4 rings (SSSR count). The Labute approximate surface area is 169 Å². The van der Waals surface area contributed by atoms with E-state index in [1.54, 1.807) is 17.9 Å². The van der Waals surface area contributed by atoms with Crippen molar-refractivity contribution in [2.75, 3.05) is 13.1 Å². The fourth-order valence-electron chi connectivity index (χ4n) is 3.54. The van der Waals surface area contributed by atoms with Crippen LogP contribution < -0.4 is 4.74 Å². The van der Waals surface area contributed by atoms with Gasteiger partial charge in [0.05, 0.1) is 5.56 Å². The van der Waals surface area contributed by atoms with E-state index in [0.717, 1.165) is 18.2 Å². The van der Waals surface area contributed by atoms with Gasteiger partial charge in [0.1, 0.15) is 17.9 Å². The number of nitrogens with zero attached hydrogens (tertiary/aromatic N) is 1. The van der Waals surface area contributed by atoms with Crippen molar-refractivity contribution in [3.63, 3.8) is 0 Å². The smallest absolute Gasteiger partial charge is 0.375 e. The molecular weight excluding hydrogens is 370 g/mol. The van der Waals surface area contributed by atoms with E-state index in [2.05, 4.69) is 0 Å². The van der Waals surface area contributed by atoms with Crippen molar-refractivity contribution >= 4 is 22.8 Å². The molecule has 0 saturated carbocycles. The third kappa shape index (κ3) is 4.11. The molecule has 0 aliphatic carbocycles. The number of carbonyl (C=O) groups excluding carboxylic acids is 2. The van der Waals surface area contributed by atoms with E-state index in [1.807, 2.05) is 48.5 Å². The first-order valence-corrected chi connectivity index (χ1v) is 9.81. The fourth-order valence-corrected chi connectivity index (χ4v) is 3.54. The van der Waals surface area contributed by atoms with Gasteiger partial charge in [0, 0.05) is 18.5 Å². The number of likely N-dealkylation sites (tertiary alicyclic amines) is 1. The van der Waals surface area contributed by atoms with Gasteiger partial charge in [-0.1, -0.05) is 36.4 Å². The maximum atomic E-state index is 12.8. The molecule has 3 aromatic rings. The van der Waals surface area contributed by atoms with Crippen LogP contribution in [0.2, 0.25) is 0 Å². The first-order valence-electron chi connectivity index (χ1n) is 9.81. The summed E-state index contributed by atoms with van der Waals surface area (Å²) < 4.78 is 17.1. The molecular formula is C23H23NO5. The minimum Gasteiger partial charge on any atom is -0.489 e. The van der Waals surface area contributed by atoms with Gasteiger partial charge < -0.3 is 18.8 Å². The Balaban J connectivity index is 1.55. The lowest BCUT2D eigenvalue weighted by atomic mass is 10.1. The van der Waals surface area contributed by atoms with Crippen LogP contribution in [0.5, 0.6) is 5.75 Å². The molecule has 1 aromatic heterocycles. The summed E-state index contributed by atoms with van der Waals surface area (Å²) >= 11 is 0. The normalized spacial score (nSPS) is 14.7. The molecule has 29 heavy (non-hydrogen) atoms. The van der Waals surface area contributed by atoms with Crippen LogP contribution in [0.15, 0.2) is 59.0 Å². The first-order chi connectivity index (χ1) is 14.1. The number of rotatable bonds is 6. The molecule has 1 aliphatic rings. The second-order valence-corrected chi connectivity index (χ2v) is 7.09. The maximum Gasteiger partial charge on any atom is 0.375 e. The van der Waals surface area contributed by atoms with Crippen molar-refractivity contribution in [2.45, 2.75) is 32.5 Å². The molecule has 1 fully saturated rings. The van der Waals surface area contributed by atoms with Gasteiger partial charge >= 0.3 is 5.97 Å². The van der Waals surface area contributed by atoms with Crippen molar-refractivity contribution in [3.8, 4) is 5.75 Å². The minimum atomic E-state index is -0.864. The Morgan fingerprint density at radius 3 is 2.48 bits per heavy atom. The molecule has 1 aliphatic heterocycles. The highest BCUT2D eigenvalue weighted by molar-refractivity contribution is 5.97. The molecule has 6 heteroatoms. The van der Waals surface area contributed by atoms with Gasteiger partial charge in [0.25, 0.3) is 5.91 Å². The monoisotopic (exact) mass is 393 g/mol. The Kier molecular flexibility index (Phi) is 5.51. The fraction of sp³-hybridized carbons (Fsp3) is 0.304. The van der Waals surface area contributed by atoms with Crippen LogP contribution in [0.4, 0.5) is 0 Å².